The van der Waals surface area contributed by atoms with Crippen LogP contribution >= 0.6 is 15.9 Å². The van der Waals surface area contributed by atoms with Gasteiger partial charge in [0.05, 0.1) is 16.8 Å². The van der Waals surface area contributed by atoms with Crippen LogP contribution in [0.1, 0.15) is 22.3 Å². The lowest BCUT2D eigenvalue weighted by Gasteiger charge is -2.25. The van der Waals surface area contributed by atoms with Crippen LogP contribution in [0, 0.1) is 20.8 Å². The van der Waals surface area contributed by atoms with Gasteiger partial charge >= 0.3 is 0 Å². The Morgan fingerprint density at radius 2 is 1.69 bits per heavy atom. The van der Waals surface area contributed by atoms with E-state index in [-0.39, 0.29) is 4.90 Å². The molecule has 0 fully saturated rings. The Bertz CT molecular complexity index is 1260. The summed E-state index contributed by atoms with van der Waals surface area (Å²) in [5.74, 6) is -0.549. The predicted molar refractivity (Wildman–Crippen MR) is 132 cm³/mol. The third kappa shape index (κ3) is 5.83. The highest BCUT2D eigenvalue weighted by molar-refractivity contribution is 9.10. The normalized spacial score (nSPS) is 11.5. The smallest absolute Gasteiger partial charge is 0.264 e. The molecule has 1 amide bonds. The molecule has 166 valence electrons. The summed E-state index contributed by atoms with van der Waals surface area (Å²) in [4.78, 5) is 12.8. The molecule has 0 atom stereocenters. The number of halogens is 1. The van der Waals surface area contributed by atoms with E-state index in [2.05, 4.69) is 26.5 Å². The molecule has 0 aliphatic carbocycles. The fourth-order valence-corrected chi connectivity index (χ4v) is 5.06. The van der Waals surface area contributed by atoms with Gasteiger partial charge in [0.25, 0.3) is 15.9 Å². The Labute approximate surface area is 197 Å². The van der Waals surface area contributed by atoms with Gasteiger partial charge in [0, 0.05) is 4.47 Å². The Morgan fingerprint density at radius 1 is 1.00 bits per heavy atom. The fraction of sp³-hybridized carbons (Fsp3) is 0.167. The second-order valence-corrected chi connectivity index (χ2v) is 10.2. The number of rotatable bonds is 7. The zero-order chi connectivity index (χ0) is 23.3. The highest BCUT2D eigenvalue weighted by atomic mass is 79.9. The molecule has 0 unspecified atom stereocenters. The van der Waals surface area contributed by atoms with Crippen LogP contribution in [0.5, 0.6) is 0 Å². The first-order valence-corrected chi connectivity index (χ1v) is 12.1. The molecule has 0 radical (unpaired) electrons. The van der Waals surface area contributed by atoms with Gasteiger partial charge in [0.2, 0.25) is 0 Å². The number of sulfonamides is 1. The van der Waals surface area contributed by atoms with Gasteiger partial charge in [-0.25, -0.2) is 13.8 Å². The Hall–Kier alpha value is -2.97. The second-order valence-electron chi connectivity index (χ2n) is 7.46. The van der Waals surface area contributed by atoms with E-state index in [1.807, 2.05) is 57.2 Å². The van der Waals surface area contributed by atoms with Crippen LogP contribution in [0.25, 0.3) is 0 Å². The molecular weight excluding hydrogens is 490 g/mol. The highest BCUT2D eigenvalue weighted by Gasteiger charge is 2.28. The third-order valence-corrected chi connectivity index (χ3v) is 7.04. The van der Waals surface area contributed by atoms with E-state index in [1.165, 1.54) is 6.21 Å². The van der Waals surface area contributed by atoms with Crippen molar-refractivity contribution >= 4 is 43.8 Å². The summed E-state index contributed by atoms with van der Waals surface area (Å²) in [7, 11) is -3.97. The number of anilines is 1. The number of hydrogen-bond acceptors (Lipinski definition) is 4. The molecule has 8 heteroatoms. The minimum absolute atomic E-state index is 0.119. The molecule has 32 heavy (non-hydrogen) atoms. The van der Waals surface area contributed by atoms with E-state index in [0.717, 1.165) is 31.0 Å². The molecule has 0 saturated carbocycles. The molecule has 1 N–H and O–H groups in total. The summed E-state index contributed by atoms with van der Waals surface area (Å²) < 4.78 is 28.9. The van der Waals surface area contributed by atoms with Crippen molar-refractivity contribution in [1.29, 1.82) is 0 Å². The van der Waals surface area contributed by atoms with Crippen molar-refractivity contribution in [3.8, 4) is 0 Å². The molecule has 6 nitrogen and oxygen atoms in total. The average molecular weight is 514 g/mol. The Kier molecular flexibility index (Phi) is 7.48. The zero-order valence-corrected chi connectivity index (χ0v) is 20.4. The van der Waals surface area contributed by atoms with Gasteiger partial charge in [0.1, 0.15) is 6.54 Å². The van der Waals surface area contributed by atoms with Crippen molar-refractivity contribution in [2.75, 3.05) is 10.8 Å². The first kappa shape index (κ1) is 23.7. The number of benzene rings is 3. The number of nitrogens with one attached hydrogen (secondary N) is 1. The lowest BCUT2D eigenvalue weighted by Crippen LogP contribution is -2.40. The monoisotopic (exact) mass is 513 g/mol. The lowest BCUT2D eigenvalue weighted by atomic mass is 10.1. The maximum atomic E-state index is 13.5. The molecule has 3 rings (SSSR count). The molecule has 0 aromatic heterocycles. The van der Waals surface area contributed by atoms with Crippen LogP contribution in [0.15, 0.2) is 81.2 Å². The molecule has 0 aliphatic rings. The summed E-state index contributed by atoms with van der Waals surface area (Å²) in [6, 6.07) is 19.4. The average Bonchev–Trinajstić information content (AvgIpc) is 2.73. The Morgan fingerprint density at radius 3 is 2.34 bits per heavy atom. The van der Waals surface area contributed by atoms with Gasteiger partial charge in [-0.3, -0.25) is 9.10 Å². The highest BCUT2D eigenvalue weighted by Crippen LogP contribution is 2.27. The zero-order valence-electron chi connectivity index (χ0n) is 18.0. The minimum atomic E-state index is -3.97. The van der Waals surface area contributed by atoms with Gasteiger partial charge in [-0.05, 0) is 62.2 Å². The summed E-state index contributed by atoms with van der Waals surface area (Å²) in [5.41, 5.74) is 6.36. The molecule has 0 bridgehead atoms. The van der Waals surface area contributed by atoms with E-state index in [4.69, 9.17) is 0 Å². The molecule has 3 aromatic carbocycles. The van der Waals surface area contributed by atoms with E-state index in [0.29, 0.717) is 5.69 Å². The van der Waals surface area contributed by atoms with Crippen molar-refractivity contribution < 1.29 is 13.2 Å². The van der Waals surface area contributed by atoms with Crippen LogP contribution < -0.4 is 9.73 Å². The predicted octanol–water partition coefficient (Wildman–Crippen LogP) is 4.72. The van der Waals surface area contributed by atoms with Crippen molar-refractivity contribution in [1.82, 2.24) is 5.43 Å². The first-order chi connectivity index (χ1) is 15.2. The molecule has 0 heterocycles. The Balaban J connectivity index is 1.88. The van der Waals surface area contributed by atoms with Crippen molar-refractivity contribution in [3.63, 3.8) is 0 Å². The van der Waals surface area contributed by atoms with Crippen LogP contribution in [-0.2, 0) is 14.8 Å². The lowest BCUT2D eigenvalue weighted by molar-refractivity contribution is -0.119. The number of carbonyl (C=O) groups excluding carboxylic acids is 1. The number of hydrazone groups is 1. The summed E-state index contributed by atoms with van der Waals surface area (Å²) in [6.45, 7) is 5.23. The topological polar surface area (TPSA) is 78.8 Å². The molecule has 3 aromatic rings. The minimum Gasteiger partial charge on any atom is -0.271 e. The molecular formula is C24H24BrN3O3S. The maximum Gasteiger partial charge on any atom is 0.264 e. The molecule has 0 spiro atoms. The van der Waals surface area contributed by atoms with E-state index in [1.54, 1.807) is 30.3 Å². The van der Waals surface area contributed by atoms with Gasteiger partial charge in [-0.15, -0.1) is 0 Å². The molecule has 0 saturated heterocycles. The largest absolute Gasteiger partial charge is 0.271 e. The van der Waals surface area contributed by atoms with Gasteiger partial charge < -0.3 is 0 Å². The van der Waals surface area contributed by atoms with Crippen LogP contribution in [0.4, 0.5) is 5.69 Å². The third-order valence-electron chi connectivity index (χ3n) is 4.77. The SMILES string of the molecule is Cc1ccc(S(=O)(=O)N(CC(=O)N/N=C\c2cccc(Br)c2)c2ccc(C)cc2C)cc1. The second kappa shape index (κ2) is 10.1. The summed E-state index contributed by atoms with van der Waals surface area (Å²) >= 11 is 3.38. The quantitative estimate of drug-likeness (QED) is 0.366. The van der Waals surface area contributed by atoms with Crippen molar-refractivity contribution in [3.05, 3.63) is 93.5 Å². The number of nitrogens with zero attached hydrogens (tertiary/aromatic N) is 2. The van der Waals surface area contributed by atoms with Gasteiger partial charge in [-0.2, -0.15) is 5.10 Å². The van der Waals surface area contributed by atoms with Gasteiger partial charge in [0.15, 0.2) is 0 Å². The maximum absolute atomic E-state index is 13.5. The number of carbonyl (C=O) groups is 1. The van der Waals surface area contributed by atoms with Crippen LogP contribution in [-0.4, -0.2) is 27.1 Å². The van der Waals surface area contributed by atoms with E-state index >= 15 is 0 Å². The summed E-state index contributed by atoms with van der Waals surface area (Å²) in [6.07, 6.45) is 1.50. The first-order valence-electron chi connectivity index (χ1n) is 9.91. The van der Waals surface area contributed by atoms with Crippen LogP contribution in [0.3, 0.4) is 0 Å². The number of aryl methyl sites for hydroxylation is 3. The van der Waals surface area contributed by atoms with Crippen molar-refractivity contribution in [2.45, 2.75) is 25.7 Å². The summed E-state index contributed by atoms with van der Waals surface area (Å²) in [5, 5.41) is 3.97. The fourth-order valence-electron chi connectivity index (χ4n) is 3.15. The number of hydrogen-bond donors (Lipinski definition) is 1. The van der Waals surface area contributed by atoms with Gasteiger partial charge in [-0.1, -0.05) is 63.5 Å². The number of amides is 1. The molecule has 0 aliphatic heterocycles. The van der Waals surface area contributed by atoms with Crippen LogP contribution in [0.2, 0.25) is 0 Å². The van der Waals surface area contributed by atoms with Crippen molar-refractivity contribution in [2.24, 2.45) is 5.10 Å². The standard InChI is InChI=1S/C24H24BrN3O3S/c1-17-7-10-22(11-8-17)32(30,31)28(23-12-9-18(2)13-19(23)3)16-24(29)27-26-15-20-5-4-6-21(25)14-20/h4-15H,16H2,1-3H3,(H,27,29)/b26-15-. The van der Waals surface area contributed by atoms with E-state index < -0.39 is 22.5 Å². The van der Waals surface area contributed by atoms with E-state index in [9.17, 15) is 13.2 Å².